The molecule has 2 amide bonds. The summed E-state index contributed by atoms with van der Waals surface area (Å²) in [6.07, 6.45) is 2.84. The number of nitrogens with one attached hydrogen (secondary N) is 1. The molecule has 2 atom stereocenters. The zero-order valence-corrected chi connectivity index (χ0v) is 17.9. The van der Waals surface area contributed by atoms with Crippen LogP contribution < -0.4 is 14.8 Å². The summed E-state index contributed by atoms with van der Waals surface area (Å²) < 4.78 is 18.6. The van der Waals surface area contributed by atoms with Gasteiger partial charge in [-0.3, -0.25) is 9.59 Å². The predicted molar refractivity (Wildman–Crippen MR) is 113 cm³/mol. The Balaban J connectivity index is 1.40. The van der Waals surface area contributed by atoms with Gasteiger partial charge in [0.25, 0.3) is 0 Å². The molecule has 9 nitrogen and oxygen atoms in total. The average molecular weight is 428 g/mol. The first kappa shape index (κ1) is 21.2. The van der Waals surface area contributed by atoms with Gasteiger partial charge in [-0.05, 0) is 24.6 Å². The van der Waals surface area contributed by atoms with E-state index in [1.165, 1.54) is 0 Å². The molecule has 1 aromatic carbocycles. The second kappa shape index (κ2) is 9.38. The van der Waals surface area contributed by atoms with E-state index in [0.29, 0.717) is 50.0 Å². The molecule has 0 spiro atoms. The number of hydrogen-bond acceptors (Lipinski definition) is 6. The van der Waals surface area contributed by atoms with E-state index in [1.54, 1.807) is 29.0 Å². The van der Waals surface area contributed by atoms with E-state index in [9.17, 15) is 9.59 Å². The van der Waals surface area contributed by atoms with Gasteiger partial charge in [0.15, 0.2) is 11.5 Å². The highest BCUT2D eigenvalue weighted by molar-refractivity contribution is 5.94. The maximum atomic E-state index is 12.6. The smallest absolute Gasteiger partial charge is 0.245 e. The number of aromatic nitrogens is 2. The summed E-state index contributed by atoms with van der Waals surface area (Å²) in [7, 11) is 1.61. The van der Waals surface area contributed by atoms with Gasteiger partial charge in [0.2, 0.25) is 11.8 Å². The van der Waals surface area contributed by atoms with Crippen LogP contribution in [0.4, 0.5) is 5.82 Å². The van der Waals surface area contributed by atoms with Crippen LogP contribution in [0.15, 0.2) is 30.5 Å². The Morgan fingerprint density at radius 1 is 1.32 bits per heavy atom. The molecule has 2 aliphatic heterocycles. The molecule has 0 radical (unpaired) electrons. The van der Waals surface area contributed by atoms with Crippen LogP contribution in [0.3, 0.4) is 0 Å². The quantitative estimate of drug-likeness (QED) is 0.691. The molecule has 2 aliphatic rings. The van der Waals surface area contributed by atoms with Crippen molar-refractivity contribution in [1.29, 1.82) is 0 Å². The number of nitrogens with zero attached hydrogens (tertiary/aromatic N) is 3. The Bertz CT molecular complexity index is 938. The van der Waals surface area contributed by atoms with Crippen molar-refractivity contribution in [2.75, 3.05) is 38.7 Å². The van der Waals surface area contributed by atoms with Crippen molar-refractivity contribution < 1.29 is 23.8 Å². The second-order valence-corrected chi connectivity index (χ2v) is 7.77. The van der Waals surface area contributed by atoms with Gasteiger partial charge in [-0.25, -0.2) is 4.68 Å². The van der Waals surface area contributed by atoms with Crippen LogP contribution in [0, 0.1) is 0 Å². The zero-order valence-electron chi connectivity index (χ0n) is 17.9. The normalized spacial score (nSPS) is 20.8. The maximum Gasteiger partial charge on any atom is 0.245 e. The highest BCUT2D eigenvalue weighted by atomic mass is 16.6. The Labute approximate surface area is 181 Å². The van der Waals surface area contributed by atoms with Crippen molar-refractivity contribution in [3.8, 4) is 11.5 Å². The number of carbonyl (C=O) groups is 2. The minimum atomic E-state index is -0.232. The number of carbonyl (C=O) groups excluding carboxylic acids is 2. The molecule has 0 bridgehead atoms. The fraction of sp³-hybridized carbons (Fsp3) is 0.500. The number of methoxy groups -OCH3 is 1. The van der Waals surface area contributed by atoms with Crippen LogP contribution >= 0.6 is 0 Å². The summed E-state index contributed by atoms with van der Waals surface area (Å²) in [6, 6.07) is 7.51. The van der Waals surface area contributed by atoms with E-state index in [-0.39, 0.29) is 30.4 Å². The molecule has 0 aliphatic carbocycles. The predicted octanol–water partition coefficient (Wildman–Crippen LogP) is 2.03. The molecule has 0 saturated carbocycles. The molecule has 31 heavy (non-hydrogen) atoms. The van der Waals surface area contributed by atoms with Crippen molar-refractivity contribution in [2.45, 2.75) is 38.3 Å². The monoisotopic (exact) mass is 428 g/mol. The number of likely N-dealkylation sites (tertiary alicyclic amines) is 1. The molecular weight excluding hydrogens is 400 g/mol. The Hall–Kier alpha value is -3.07. The second-order valence-electron chi connectivity index (χ2n) is 7.77. The van der Waals surface area contributed by atoms with Gasteiger partial charge in [0, 0.05) is 37.9 Å². The van der Waals surface area contributed by atoms with E-state index >= 15 is 0 Å². The van der Waals surface area contributed by atoms with Crippen molar-refractivity contribution in [1.82, 2.24) is 14.7 Å². The number of anilines is 1. The lowest BCUT2D eigenvalue weighted by Gasteiger charge is -2.19. The highest BCUT2D eigenvalue weighted by Crippen LogP contribution is 2.36. The van der Waals surface area contributed by atoms with Crippen LogP contribution in [0.2, 0.25) is 0 Å². The van der Waals surface area contributed by atoms with Crippen molar-refractivity contribution in [2.24, 2.45) is 0 Å². The summed E-state index contributed by atoms with van der Waals surface area (Å²) >= 11 is 0. The number of rotatable bonds is 8. The third-order valence-corrected chi connectivity index (χ3v) is 5.67. The van der Waals surface area contributed by atoms with E-state index in [4.69, 9.17) is 14.2 Å². The summed E-state index contributed by atoms with van der Waals surface area (Å²) in [5.74, 6) is 1.67. The highest BCUT2D eigenvalue weighted by Gasteiger charge is 2.32. The average Bonchev–Trinajstić information content (AvgIpc) is 3.50. The number of amides is 2. The Kier molecular flexibility index (Phi) is 6.41. The van der Waals surface area contributed by atoms with Gasteiger partial charge in [0.1, 0.15) is 11.9 Å². The number of ether oxygens (including phenoxy) is 3. The third-order valence-electron chi connectivity index (χ3n) is 5.67. The van der Waals surface area contributed by atoms with Crippen molar-refractivity contribution in [3.63, 3.8) is 0 Å². The molecule has 2 aromatic rings. The summed E-state index contributed by atoms with van der Waals surface area (Å²) in [5, 5.41) is 6.96. The first-order chi connectivity index (χ1) is 15.1. The fourth-order valence-electron chi connectivity index (χ4n) is 4.02. The SMILES string of the molecule is CCn1nccc1NC(=O)CN1CC(c2ccc(OC)c(OC3CCOC3)c2)CC1=O. The summed E-state index contributed by atoms with van der Waals surface area (Å²) in [6.45, 7) is 4.36. The van der Waals surface area contributed by atoms with Crippen LogP contribution in [-0.2, 0) is 20.9 Å². The standard InChI is InChI=1S/C22H28N4O5/c1-3-26-20(6-8-23-26)24-21(27)13-25-12-16(11-22(25)28)15-4-5-18(29-2)19(10-15)31-17-7-9-30-14-17/h4-6,8,10,16-17H,3,7,9,11-14H2,1-2H3,(H,24,27). The van der Waals surface area contributed by atoms with Crippen LogP contribution in [-0.4, -0.2) is 66.0 Å². The molecule has 9 heteroatoms. The topological polar surface area (TPSA) is 94.9 Å². The molecule has 2 unspecified atom stereocenters. The van der Waals surface area contributed by atoms with Gasteiger partial charge in [-0.2, -0.15) is 5.10 Å². The lowest BCUT2D eigenvalue weighted by molar-refractivity contribution is -0.131. The number of hydrogen-bond donors (Lipinski definition) is 1. The largest absolute Gasteiger partial charge is 0.493 e. The minimum absolute atomic E-state index is 0.00504. The molecule has 1 aromatic heterocycles. The molecular formula is C22H28N4O5. The molecule has 3 heterocycles. The number of benzene rings is 1. The summed E-state index contributed by atoms with van der Waals surface area (Å²) in [4.78, 5) is 26.6. The van der Waals surface area contributed by atoms with Gasteiger partial charge in [-0.1, -0.05) is 6.07 Å². The number of aryl methyl sites for hydroxylation is 1. The molecule has 2 saturated heterocycles. The van der Waals surface area contributed by atoms with Gasteiger partial charge < -0.3 is 24.4 Å². The van der Waals surface area contributed by atoms with E-state index < -0.39 is 0 Å². The van der Waals surface area contributed by atoms with Crippen molar-refractivity contribution >= 4 is 17.6 Å². The van der Waals surface area contributed by atoms with Gasteiger partial charge >= 0.3 is 0 Å². The van der Waals surface area contributed by atoms with Crippen LogP contribution in [0.5, 0.6) is 11.5 Å². The summed E-state index contributed by atoms with van der Waals surface area (Å²) in [5.41, 5.74) is 0.995. The van der Waals surface area contributed by atoms with E-state index in [1.807, 2.05) is 25.1 Å². The first-order valence-corrected chi connectivity index (χ1v) is 10.6. The zero-order chi connectivity index (χ0) is 21.8. The maximum absolute atomic E-state index is 12.6. The minimum Gasteiger partial charge on any atom is -0.493 e. The van der Waals surface area contributed by atoms with Crippen molar-refractivity contribution in [3.05, 3.63) is 36.0 Å². The van der Waals surface area contributed by atoms with Gasteiger partial charge in [-0.15, -0.1) is 0 Å². The lowest BCUT2D eigenvalue weighted by Crippen LogP contribution is -2.34. The molecule has 2 fully saturated rings. The molecule has 4 rings (SSSR count). The lowest BCUT2D eigenvalue weighted by atomic mass is 9.98. The van der Waals surface area contributed by atoms with E-state index in [0.717, 1.165) is 12.0 Å². The Morgan fingerprint density at radius 2 is 2.19 bits per heavy atom. The molecule has 1 N–H and O–H groups in total. The van der Waals surface area contributed by atoms with E-state index in [2.05, 4.69) is 10.4 Å². The fourth-order valence-corrected chi connectivity index (χ4v) is 4.02. The first-order valence-electron chi connectivity index (χ1n) is 10.6. The van der Waals surface area contributed by atoms with Crippen LogP contribution in [0.25, 0.3) is 0 Å². The Morgan fingerprint density at radius 3 is 2.94 bits per heavy atom. The van der Waals surface area contributed by atoms with Crippen LogP contribution in [0.1, 0.15) is 31.2 Å². The molecule has 166 valence electrons. The third kappa shape index (κ3) is 4.82. The van der Waals surface area contributed by atoms with Gasteiger partial charge in [0.05, 0.1) is 33.1 Å².